The van der Waals surface area contributed by atoms with E-state index in [0.717, 1.165) is 30.9 Å². The Morgan fingerprint density at radius 3 is 2.46 bits per heavy atom. The average Bonchev–Trinajstić information content (AvgIpc) is 2.53. The number of hydrogen-bond acceptors (Lipinski definition) is 3. The van der Waals surface area contributed by atoms with Crippen molar-refractivity contribution in [3.05, 3.63) is 59.9 Å². The quantitative estimate of drug-likeness (QED) is 0.730. The number of carbonyl (C=O) groups is 1. The lowest BCUT2D eigenvalue weighted by molar-refractivity contribution is -0.115. The van der Waals surface area contributed by atoms with Crippen LogP contribution in [0.1, 0.15) is 12.0 Å². The highest BCUT2D eigenvalue weighted by Crippen LogP contribution is 2.14. The van der Waals surface area contributed by atoms with Crippen LogP contribution in [0, 0.1) is 5.82 Å². The second kappa shape index (κ2) is 9.03. The molecule has 2 N–H and O–H groups in total. The summed E-state index contributed by atoms with van der Waals surface area (Å²) >= 11 is 0. The molecule has 0 spiro atoms. The van der Waals surface area contributed by atoms with Crippen LogP contribution in [0.3, 0.4) is 0 Å². The number of halogens is 1. The Morgan fingerprint density at radius 1 is 1.08 bits per heavy atom. The van der Waals surface area contributed by atoms with E-state index < -0.39 is 0 Å². The molecule has 5 heteroatoms. The second-order valence-corrected chi connectivity index (χ2v) is 6.02. The summed E-state index contributed by atoms with van der Waals surface area (Å²) in [5, 5.41) is 6.17. The Morgan fingerprint density at radius 2 is 1.79 bits per heavy atom. The first kappa shape index (κ1) is 17.9. The Hall–Kier alpha value is -2.40. The van der Waals surface area contributed by atoms with E-state index in [1.165, 1.54) is 12.1 Å². The lowest BCUT2D eigenvalue weighted by Crippen LogP contribution is -2.16. The highest BCUT2D eigenvalue weighted by Gasteiger charge is 2.05. The molecule has 24 heavy (non-hydrogen) atoms. The van der Waals surface area contributed by atoms with Gasteiger partial charge in [-0.15, -0.1) is 0 Å². The average molecular weight is 329 g/mol. The van der Waals surface area contributed by atoms with Crippen LogP contribution < -0.4 is 10.6 Å². The van der Waals surface area contributed by atoms with Gasteiger partial charge >= 0.3 is 0 Å². The van der Waals surface area contributed by atoms with E-state index in [-0.39, 0.29) is 18.1 Å². The van der Waals surface area contributed by atoms with E-state index in [4.69, 9.17) is 0 Å². The maximum Gasteiger partial charge on any atom is 0.228 e. The molecule has 0 heterocycles. The van der Waals surface area contributed by atoms with Gasteiger partial charge in [-0.1, -0.05) is 12.1 Å². The van der Waals surface area contributed by atoms with Gasteiger partial charge in [-0.25, -0.2) is 4.39 Å². The van der Waals surface area contributed by atoms with Crippen molar-refractivity contribution in [3.8, 4) is 0 Å². The number of benzene rings is 2. The molecule has 0 saturated carbocycles. The predicted molar refractivity (Wildman–Crippen MR) is 96.8 cm³/mol. The molecule has 0 aliphatic rings. The predicted octanol–water partition coefficient (Wildman–Crippen LogP) is 3.37. The molecular formula is C19H24FN3O. The summed E-state index contributed by atoms with van der Waals surface area (Å²) < 4.78 is 13.1. The molecule has 2 rings (SSSR count). The van der Waals surface area contributed by atoms with E-state index in [9.17, 15) is 9.18 Å². The minimum Gasteiger partial charge on any atom is -0.385 e. The van der Waals surface area contributed by atoms with Crippen molar-refractivity contribution in [3.63, 3.8) is 0 Å². The third kappa shape index (κ3) is 6.38. The standard InChI is InChI=1S/C19H24FN3O/c1-23(2)12-4-11-21-17-7-9-18(10-8-17)22-19(24)14-15-5-3-6-16(20)13-15/h3,5-10,13,21H,4,11-12,14H2,1-2H3,(H,22,24). The summed E-state index contributed by atoms with van der Waals surface area (Å²) in [6.45, 7) is 1.95. The molecule has 0 unspecified atom stereocenters. The van der Waals surface area contributed by atoms with Gasteiger partial charge < -0.3 is 15.5 Å². The number of hydrogen-bond donors (Lipinski definition) is 2. The van der Waals surface area contributed by atoms with Crippen LogP contribution in [-0.2, 0) is 11.2 Å². The highest BCUT2D eigenvalue weighted by atomic mass is 19.1. The minimum absolute atomic E-state index is 0.155. The summed E-state index contributed by atoms with van der Waals surface area (Å²) in [5.74, 6) is -0.489. The third-order valence-electron chi connectivity index (χ3n) is 3.53. The van der Waals surface area contributed by atoms with Crippen LogP contribution in [0.5, 0.6) is 0 Å². The number of nitrogens with one attached hydrogen (secondary N) is 2. The van der Waals surface area contributed by atoms with Gasteiger partial charge in [-0.3, -0.25) is 4.79 Å². The van der Waals surface area contributed by atoms with Gasteiger partial charge in [-0.05, 0) is 69.0 Å². The van der Waals surface area contributed by atoms with Gasteiger partial charge in [-0.2, -0.15) is 0 Å². The molecule has 0 atom stereocenters. The van der Waals surface area contributed by atoms with Crippen LogP contribution in [-0.4, -0.2) is 38.0 Å². The van der Waals surface area contributed by atoms with Gasteiger partial charge in [0.15, 0.2) is 0 Å². The van der Waals surface area contributed by atoms with Crippen molar-refractivity contribution in [2.45, 2.75) is 12.8 Å². The first-order valence-electron chi connectivity index (χ1n) is 8.06. The number of rotatable bonds is 8. The van der Waals surface area contributed by atoms with Crippen LogP contribution in [0.25, 0.3) is 0 Å². The fourth-order valence-electron chi connectivity index (χ4n) is 2.34. The number of nitrogens with zero attached hydrogens (tertiary/aromatic N) is 1. The van der Waals surface area contributed by atoms with Crippen LogP contribution in [0.2, 0.25) is 0 Å². The normalized spacial score (nSPS) is 10.7. The third-order valence-corrected chi connectivity index (χ3v) is 3.53. The molecule has 2 aromatic rings. The first-order chi connectivity index (χ1) is 11.5. The van der Waals surface area contributed by atoms with Crippen LogP contribution in [0.4, 0.5) is 15.8 Å². The Balaban J connectivity index is 1.79. The van der Waals surface area contributed by atoms with Crippen molar-refractivity contribution in [2.75, 3.05) is 37.8 Å². The molecule has 0 aromatic heterocycles. The fourth-order valence-corrected chi connectivity index (χ4v) is 2.34. The summed E-state index contributed by atoms with van der Waals surface area (Å²) in [6.07, 6.45) is 1.22. The minimum atomic E-state index is -0.329. The summed E-state index contributed by atoms with van der Waals surface area (Å²) in [7, 11) is 4.11. The summed E-state index contributed by atoms with van der Waals surface area (Å²) in [5.41, 5.74) is 2.42. The van der Waals surface area contributed by atoms with Gasteiger partial charge in [0.05, 0.1) is 6.42 Å². The largest absolute Gasteiger partial charge is 0.385 e. The zero-order chi connectivity index (χ0) is 17.4. The van der Waals surface area contributed by atoms with Gasteiger partial charge in [0, 0.05) is 17.9 Å². The van der Waals surface area contributed by atoms with Crippen LogP contribution in [0.15, 0.2) is 48.5 Å². The van der Waals surface area contributed by atoms with Crippen LogP contribution >= 0.6 is 0 Å². The molecule has 2 aromatic carbocycles. The molecule has 0 fully saturated rings. The van der Waals surface area contributed by atoms with E-state index in [1.807, 2.05) is 24.3 Å². The molecule has 0 aliphatic carbocycles. The zero-order valence-corrected chi connectivity index (χ0v) is 14.2. The molecule has 0 radical (unpaired) electrons. The van der Waals surface area contributed by atoms with Crippen molar-refractivity contribution < 1.29 is 9.18 Å². The van der Waals surface area contributed by atoms with E-state index in [0.29, 0.717) is 5.56 Å². The molecule has 0 bridgehead atoms. The SMILES string of the molecule is CN(C)CCCNc1ccc(NC(=O)Cc2cccc(F)c2)cc1. The summed E-state index contributed by atoms with van der Waals surface area (Å²) in [6, 6.07) is 13.7. The fraction of sp³-hybridized carbons (Fsp3) is 0.316. The maximum absolute atomic E-state index is 13.1. The Bertz CT molecular complexity index is 656. The topological polar surface area (TPSA) is 44.4 Å². The molecular weight excluding hydrogens is 305 g/mol. The summed E-state index contributed by atoms with van der Waals surface area (Å²) in [4.78, 5) is 14.2. The van der Waals surface area contributed by atoms with E-state index in [1.54, 1.807) is 12.1 Å². The number of anilines is 2. The molecule has 4 nitrogen and oxygen atoms in total. The lowest BCUT2D eigenvalue weighted by Gasteiger charge is -2.11. The van der Waals surface area contributed by atoms with Gasteiger partial charge in [0.1, 0.15) is 5.82 Å². The monoisotopic (exact) mass is 329 g/mol. The number of carbonyl (C=O) groups excluding carboxylic acids is 1. The molecule has 128 valence electrons. The van der Waals surface area contributed by atoms with E-state index >= 15 is 0 Å². The number of amides is 1. The Labute approximate surface area is 142 Å². The smallest absolute Gasteiger partial charge is 0.228 e. The second-order valence-electron chi connectivity index (χ2n) is 6.02. The Kier molecular flexibility index (Phi) is 6.75. The first-order valence-corrected chi connectivity index (χ1v) is 8.06. The molecule has 0 aliphatic heterocycles. The van der Waals surface area contributed by atoms with E-state index in [2.05, 4.69) is 29.6 Å². The maximum atomic E-state index is 13.1. The molecule has 1 amide bonds. The van der Waals surface area contributed by atoms with Crippen molar-refractivity contribution in [2.24, 2.45) is 0 Å². The highest BCUT2D eigenvalue weighted by molar-refractivity contribution is 5.92. The van der Waals surface area contributed by atoms with Gasteiger partial charge in [0.25, 0.3) is 0 Å². The van der Waals surface area contributed by atoms with Crippen molar-refractivity contribution >= 4 is 17.3 Å². The molecule has 0 saturated heterocycles. The van der Waals surface area contributed by atoms with Gasteiger partial charge in [0.2, 0.25) is 5.91 Å². The lowest BCUT2D eigenvalue weighted by atomic mass is 10.1. The zero-order valence-electron chi connectivity index (χ0n) is 14.2. The van der Waals surface area contributed by atoms with Crippen molar-refractivity contribution in [1.29, 1.82) is 0 Å². The van der Waals surface area contributed by atoms with Crippen molar-refractivity contribution in [1.82, 2.24) is 4.90 Å².